The van der Waals surface area contributed by atoms with Gasteiger partial charge in [-0.1, -0.05) is 12.8 Å². The maximum Gasteiger partial charge on any atom is 0.254 e. The molecule has 3 heterocycles. The Labute approximate surface area is 130 Å². The number of nitrogens with zero attached hydrogens (tertiary/aromatic N) is 5. The minimum absolute atomic E-state index is 0.508. The molecule has 1 saturated heterocycles. The molecule has 1 aliphatic carbocycles. The van der Waals surface area contributed by atoms with Gasteiger partial charge in [-0.05, 0) is 31.1 Å². The zero-order valence-corrected chi connectivity index (χ0v) is 13.2. The van der Waals surface area contributed by atoms with Gasteiger partial charge in [-0.25, -0.2) is 4.98 Å². The molecule has 118 valence electrons. The monoisotopic (exact) mass is 301 g/mol. The van der Waals surface area contributed by atoms with Gasteiger partial charge in [0.25, 0.3) is 5.78 Å². The van der Waals surface area contributed by atoms with Gasteiger partial charge in [-0.3, -0.25) is 0 Å². The Bertz CT molecular complexity index is 652. The zero-order valence-electron chi connectivity index (χ0n) is 13.2. The largest absolute Gasteiger partial charge is 0.378 e. The molecular formula is C16H23N5O. The van der Waals surface area contributed by atoms with Crippen LogP contribution in [0.25, 0.3) is 5.78 Å². The molecule has 0 unspecified atom stereocenters. The second-order valence-electron chi connectivity index (χ2n) is 6.70. The van der Waals surface area contributed by atoms with Crippen molar-refractivity contribution in [2.45, 2.75) is 45.1 Å². The van der Waals surface area contributed by atoms with Crippen molar-refractivity contribution < 1.29 is 4.74 Å². The second-order valence-corrected chi connectivity index (χ2v) is 6.70. The number of fused-ring (bicyclic) bond motifs is 1. The number of aromatic nitrogens is 4. The van der Waals surface area contributed by atoms with Crippen LogP contribution in [0.2, 0.25) is 0 Å². The van der Waals surface area contributed by atoms with Crippen molar-refractivity contribution in [2.24, 2.45) is 5.41 Å². The van der Waals surface area contributed by atoms with Crippen LogP contribution in [0.15, 0.2) is 12.4 Å². The Balaban J connectivity index is 1.62. The summed E-state index contributed by atoms with van der Waals surface area (Å²) in [5.74, 6) is 1.76. The second kappa shape index (κ2) is 5.50. The van der Waals surface area contributed by atoms with Gasteiger partial charge >= 0.3 is 0 Å². The molecule has 6 nitrogen and oxygen atoms in total. The first-order valence-electron chi connectivity index (χ1n) is 8.23. The lowest BCUT2D eigenvalue weighted by Gasteiger charge is -2.40. The summed E-state index contributed by atoms with van der Waals surface area (Å²) in [6.07, 6.45) is 9.85. The molecule has 0 N–H and O–H groups in total. The molecule has 1 spiro atoms. The fourth-order valence-corrected chi connectivity index (χ4v) is 4.13. The van der Waals surface area contributed by atoms with Crippen LogP contribution in [-0.4, -0.2) is 39.8 Å². The van der Waals surface area contributed by atoms with E-state index in [2.05, 4.69) is 26.0 Å². The third kappa shape index (κ3) is 2.35. The first-order chi connectivity index (χ1) is 10.8. The summed E-state index contributed by atoms with van der Waals surface area (Å²) < 4.78 is 7.09. The Morgan fingerprint density at radius 1 is 1.18 bits per heavy atom. The van der Waals surface area contributed by atoms with E-state index >= 15 is 0 Å². The highest BCUT2D eigenvalue weighted by Gasteiger charge is 2.37. The molecule has 0 atom stereocenters. The molecule has 22 heavy (non-hydrogen) atoms. The third-order valence-electron chi connectivity index (χ3n) is 5.39. The van der Waals surface area contributed by atoms with Crippen molar-refractivity contribution in [3.8, 4) is 0 Å². The van der Waals surface area contributed by atoms with Crippen molar-refractivity contribution in [3.05, 3.63) is 18.1 Å². The van der Waals surface area contributed by atoms with Crippen molar-refractivity contribution in [2.75, 3.05) is 25.1 Å². The Kier molecular flexibility index (Phi) is 3.48. The molecule has 2 aromatic rings. The molecule has 0 aromatic carbocycles. The number of methoxy groups -OCH3 is 1. The lowest BCUT2D eigenvalue weighted by molar-refractivity contribution is 0.181. The Morgan fingerprint density at radius 2 is 1.95 bits per heavy atom. The van der Waals surface area contributed by atoms with E-state index < -0.39 is 0 Å². The van der Waals surface area contributed by atoms with Crippen LogP contribution in [0.5, 0.6) is 0 Å². The van der Waals surface area contributed by atoms with Gasteiger partial charge in [0.05, 0.1) is 12.3 Å². The zero-order chi connectivity index (χ0) is 15.0. The summed E-state index contributed by atoms with van der Waals surface area (Å²) in [6, 6.07) is 2.10. The summed E-state index contributed by atoms with van der Waals surface area (Å²) in [4.78, 5) is 11.2. The van der Waals surface area contributed by atoms with Gasteiger partial charge in [0.2, 0.25) is 0 Å². The minimum Gasteiger partial charge on any atom is -0.378 e. The lowest BCUT2D eigenvalue weighted by atomic mass is 9.77. The van der Waals surface area contributed by atoms with Crippen LogP contribution in [0.3, 0.4) is 0 Å². The number of rotatable bonds is 3. The standard InChI is InChI=1S/C16H23N5O/c1-22-11-13-10-14(21-15(19-13)17-12-18-21)20-8-6-16(7-9-20)4-2-3-5-16/h10,12H,2-9,11H2,1H3. The van der Waals surface area contributed by atoms with Gasteiger partial charge in [-0.15, -0.1) is 0 Å². The van der Waals surface area contributed by atoms with E-state index in [1.54, 1.807) is 13.4 Å². The van der Waals surface area contributed by atoms with Gasteiger partial charge in [0, 0.05) is 26.3 Å². The highest BCUT2D eigenvalue weighted by atomic mass is 16.5. The molecule has 0 bridgehead atoms. The topological polar surface area (TPSA) is 55.6 Å². The Morgan fingerprint density at radius 3 is 2.68 bits per heavy atom. The summed E-state index contributed by atoms with van der Waals surface area (Å²) in [7, 11) is 1.69. The summed E-state index contributed by atoms with van der Waals surface area (Å²) in [5, 5.41) is 4.34. The summed E-state index contributed by atoms with van der Waals surface area (Å²) >= 11 is 0. The predicted molar refractivity (Wildman–Crippen MR) is 83.8 cm³/mol. The molecule has 2 aliphatic rings. The SMILES string of the molecule is COCc1cc(N2CCC3(CCCC3)CC2)n2ncnc2n1. The average Bonchev–Trinajstić information content (AvgIpc) is 3.17. The first-order valence-corrected chi connectivity index (χ1v) is 8.23. The number of hydrogen-bond acceptors (Lipinski definition) is 5. The molecular weight excluding hydrogens is 278 g/mol. The van der Waals surface area contributed by atoms with Crippen molar-refractivity contribution in [1.82, 2.24) is 19.6 Å². The van der Waals surface area contributed by atoms with Crippen LogP contribution >= 0.6 is 0 Å². The normalized spacial score (nSPS) is 21.0. The highest BCUT2D eigenvalue weighted by Crippen LogP contribution is 2.46. The fourth-order valence-electron chi connectivity index (χ4n) is 4.13. The van der Waals surface area contributed by atoms with Crippen molar-refractivity contribution >= 4 is 11.6 Å². The van der Waals surface area contributed by atoms with Crippen LogP contribution in [0, 0.1) is 5.41 Å². The van der Waals surface area contributed by atoms with Gasteiger partial charge < -0.3 is 9.64 Å². The summed E-state index contributed by atoms with van der Waals surface area (Å²) in [5.41, 5.74) is 1.54. The van der Waals surface area contributed by atoms with Gasteiger partial charge in [0.1, 0.15) is 12.1 Å². The predicted octanol–water partition coefficient (Wildman–Crippen LogP) is 2.43. The average molecular weight is 301 g/mol. The minimum atomic E-state index is 0.508. The molecule has 6 heteroatoms. The van der Waals surface area contributed by atoms with Gasteiger partial charge in [0.15, 0.2) is 0 Å². The van der Waals surface area contributed by atoms with E-state index in [1.807, 2.05) is 4.52 Å². The molecule has 4 rings (SSSR count). The maximum atomic E-state index is 5.23. The van der Waals surface area contributed by atoms with E-state index in [0.717, 1.165) is 24.6 Å². The van der Waals surface area contributed by atoms with E-state index in [9.17, 15) is 0 Å². The third-order valence-corrected chi connectivity index (χ3v) is 5.39. The van der Waals surface area contributed by atoms with Crippen LogP contribution in [0.4, 0.5) is 5.82 Å². The van der Waals surface area contributed by atoms with E-state index in [1.165, 1.54) is 38.5 Å². The van der Waals surface area contributed by atoms with Crippen molar-refractivity contribution in [3.63, 3.8) is 0 Å². The van der Waals surface area contributed by atoms with E-state index in [-0.39, 0.29) is 0 Å². The smallest absolute Gasteiger partial charge is 0.254 e. The van der Waals surface area contributed by atoms with Crippen molar-refractivity contribution in [1.29, 1.82) is 0 Å². The van der Waals surface area contributed by atoms with Crippen LogP contribution < -0.4 is 4.90 Å². The maximum absolute atomic E-state index is 5.23. The van der Waals surface area contributed by atoms with Crippen LogP contribution in [-0.2, 0) is 11.3 Å². The molecule has 2 fully saturated rings. The summed E-state index contributed by atoms with van der Waals surface area (Å²) in [6.45, 7) is 2.71. The van der Waals surface area contributed by atoms with Gasteiger partial charge in [-0.2, -0.15) is 14.6 Å². The highest BCUT2D eigenvalue weighted by molar-refractivity contribution is 5.47. The molecule has 0 amide bonds. The Hall–Kier alpha value is -1.69. The lowest BCUT2D eigenvalue weighted by Crippen LogP contribution is -2.39. The first kappa shape index (κ1) is 13.9. The number of ether oxygens (including phenoxy) is 1. The molecule has 1 aliphatic heterocycles. The number of anilines is 1. The fraction of sp³-hybridized carbons (Fsp3) is 0.688. The molecule has 0 radical (unpaired) electrons. The number of piperidine rings is 1. The molecule has 1 saturated carbocycles. The van der Waals surface area contributed by atoms with E-state index in [4.69, 9.17) is 4.74 Å². The quantitative estimate of drug-likeness (QED) is 0.871. The number of hydrogen-bond donors (Lipinski definition) is 0. The van der Waals surface area contributed by atoms with Crippen LogP contribution in [0.1, 0.15) is 44.2 Å². The molecule has 2 aromatic heterocycles. The van der Waals surface area contributed by atoms with E-state index in [0.29, 0.717) is 17.8 Å².